The van der Waals surface area contributed by atoms with E-state index in [1.165, 1.54) is 68.6 Å². The average Bonchev–Trinajstić information content (AvgIpc) is 3.06. The Morgan fingerprint density at radius 3 is 2.11 bits per heavy atom. The molecule has 0 saturated carbocycles. The molecule has 0 aliphatic rings. The van der Waals surface area contributed by atoms with Crippen LogP contribution in [0, 0.1) is 5.82 Å². The number of nitrogens with zero attached hydrogens (tertiary/aromatic N) is 2. The van der Waals surface area contributed by atoms with E-state index in [2.05, 4.69) is 5.32 Å². The minimum absolute atomic E-state index is 0.0504. The van der Waals surface area contributed by atoms with E-state index in [0.29, 0.717) is 5.75 Å². The van der Waals surface area contributed by atoms with Gasteiger partial charge in [0.25, 0.3) is 10.0 Å². The fourth-order valence-electron chi connectivity index (χ4n) is 4.76. The van der Waals surface area contributed by atoms with Gasteiger partial charge in [-0.3, -0.25) is 13.9 Å². The molecule has 1 unspecified atom stereocenters. The highest BCUT2D eigenvalue weighted by atomic mass is 32.2. The number of hydrogen-bond acceptors (Lipinski definition) is 6. The molecule has 0 spiro atoms. The van der Waals surface area contributed by atoms with Gasteiger partial charge in [-0.2, -0.15) is 0 Å². The first kappa shape index (κ1) is 32.0. The number of likely N-dealkylation sites (N-methyl/N-ethyl adjacent to an activating group) is 1. The summed E-state index contributed by atoms with van der Waals surface area (Å²) in [4.78, 5) is 28.8. The van der Waals surface area contributed by atoms with Crippen molar-refractivity contribution in [1.29, 1.82) is 0 Å². The topological polar surface area (TPSA) is 105 Å². The number of sulfonamides is 1. The molecule has 9 nitrogen and oxygen atoms in total. The van der Waals surface area contributed by atoms with E-state index in [1.807, 2.05) is 30.3 Å². The molecule has 0 saturated heterocycles. The summed E-state index contributed by atoms with van der Waals surface area (Å²) >= 11 is 0. The summed E-state index contributed by atoms with van der Waals surface area (Å²) < 4.78 is 55.0. The average molecular weight is 620 g/mol. The largest absolute Gasteiger partial charge is 0.497 e. The van der Waals surface area contributed by atoms with Crippen molar-refractivity contribution in [2.45, 2.75) is 23.9 Å². The lowest BCUT2D eigenvalue weighted by molar-refractivity contribution is -0.139. The molecule has 0 fully saturated rings. The number of anilines is 1. The van der Waals surface area contributed by atoms with Crippen LogP contribution >= 0.6 is 0 Å². The van der Waals surface area contributed by atoms with Crippen molar-refractivity contribution in [3.05, 3.63) is 120 Å². The van der Waals surface area contributed by atoms with Gasteiger partial charge < -0.3 is 19.7 Å². The van der Waals surface area contributed by atoms with Crippen molar-refractivity contribution in [3.8, 4) is 11.5 Å². The molecule has 0 aromatic heterocycles. The molecule has 11 heteroatoms. The lowest BCUT2D eigenvalue weighted by Gasteiger charge is -2.34. The minimum atomic E-state index is -4.36. The summed E-state index contributed by atoms with van der Waals surface area (Å²) in [5.74, 6) is -1.29. The van der Waals surface area contributed by atoms with E-state index < -0.39 is 40.2 Å². The quantitative estimate of drug-likeness (QED) is 0.238. The van der Waals surface area contributed by atoms with Crippen LogP contribution < -0.4 is 19.1 Å². The maximum atomic E-state index is 14.9. The molecule has 4 aromatic rings. The van der Waals surface area contributed by atoms with E-state index in [1.54, 1.807) is 30.3 Å². The van der Waals surface area contributed by atoms with Crippen molar-refractivity contribution in [2.24, 2.45) is 0 Å². The number of ether oxygens (including phenoxy) is 2. The molecule has 4 rings (SSSR count). The van der Waals surface area contributed by atoms with Crippen molar-refractivity contribution < 1.29 is 31.9 Å². The summed E-state index contributed by atoms with van der Waals surface area (Å²) in [5, 5.41) is 2.60. The van der Waals surface area contributed by atoms with E-state index in [-0.39, 0.29) is 34.9 Å². The van der Waals surface area contributed by atoms with Gasteiger partial charge >= 0.3 is 0 Å². The standard InChI is InChI=1S/C33H34FN3O6S/c1-35-33(39)30(20-24-12-6-4-7-13-24)36(22-25-14-10-11-17-28(25)34)32(38)23-37(44(40,41)27-15-8-5-9-16-27)29-21-26(42-2)18-19-31(29)43-3/h4-19,21,30H,20,22-23H2,1-3H3,(H,35,39). The second kappa shape index (κ2) is 14.5. The maximum absolute atomic E-state index is 14.9. The third kappa shape index (κ3) is 7.35. The summed E-state index contributed by atoms with van der Waals surface area (Å²) in [5.41, 5.74) is 0.976. The first-order valence-electron chi connectivity index (χ1n) is 13.8. The predicted octanol–water partition coefficient (Wildman–Crippen LogP) is 4.42. The molecular formula is C33H34FN3O6S. The SMILES string of the molecule is CNC(=O)C(Cc1ccccc1)N(Cc1ccccc1F)C(=O)CN(c1cc(OC)ccc1OC)S(=O)(=O)c1ccccc1. The van der Waals surface area contributed by atoms with E-state index in [4.69, 9.17) is 9.47 Å². The molecule has 0 aliphatic carbocycles. The zero-order valence-electron chi connectivity index (χ0n) is 24.6. The number of rotatable bonds is 13. The van der Waals surface area contributed by atoms with Crippen LogP contribution in [0.5, 0.6) is 11.5 Å². The molecule has 0 heterocycles. The molecule has 1 N–H and O–H groups in total. The van der Waals surface area contributed by atoms with Gasteiger partial charge in [-0.05, 0) is 35.9 Å². The number of benzene rings is 4. The Labute approximate surface area is 256 Å². The molecule has 2 amide bonds. The van der Waals surface area contributed by atoms with Crippen LogP contribution in [-0.4, -0.2) is 59.0 Å². The number of carbonyl (C=O) groups is 2. The van der Waals surface area contributed by atoms with Crippen LogP contribution in [-0.2, 0) is 32.6 Å². The van der Waals surface area contributed by atoms with Gasteiger partial charge in [0.15, 0.2) is 0 Å². The first-order valence-corrected chi connectivity index (χ1v) is 15.2. The second-order valence-corrected chi connectivity index (χ2v) is 11.7. The normalized spacial score (nSPS) is 11.7. The summed E-state index contributed by atoms with van der Waals surface area (Å²) in [6.45, 7) is -1.01. The number of nitrogens with one attached hydrogen (secondary N) is 1. The number of methoxy groups -OCH3 is 2. The lowest BCUT2D eigenvalue weighted by atomic mass is 10.0. The summed E-state index contributed by atoms with van der Waals surface area (Å²) in [6.07, 6.45) is 0.106. The maximum Gasteiger partial charge on any atom is 0.264 e. The highest BCUT2D eigenvalue weighted by Crippen LogP contribution is 2.36. The van der Waals surface area contributed by atoms with Crippen LogP contribution in [0.25, 0.3) is 0 Å². The summed E-state index contributed by atoms with van der Waals surface area (Å²) in [7, 11) is -0.0999. The lowest BCUT2D eigenvalue weighted by Crippen LogP contribution is -2.53. The van der Waals surface area contributed by atoms with Crippen molar-refractivity contribution >= 4 is 27.5 Å². The van der Waals surface area contributed by atoms with Gasteiger partial charge in [-0.1, -0.05) is 66.7 Å². The van der Waals surface area contributed by atoms with E-state index in [0.717, 1.165) is 9.87 Å². The molecule has 1 atom stereocenters. The number of carbonyl (C=O) groups excluding carboxylic acids is 2. The Balaban J connectivity index is 1.85. The van der Waals surface area contributed by atoms with Gasteiger partial charge in [-0.25, -0.2) is 12.8 Å². The van der Waals surface area contributed by atoms with Gasteiger partial charge in [0.05, 0.1) is 24.8 Å². The number of halogens is 1. The van der Waals surface area contributed by atoms with Gasteiger partial charge in [0.2, 0.25) is 11.8 Å². The second-order valence-electron chi connectivity index (χ2n) is 9.80. The zero-order valence-corrected chi connectivity index (χ0v) is 25.5. The van der Waals surface area contributed by atoms with Crippen LogP contribution in [0.15, 0.2) is 108 Å². The Morgan fingerprint density at radius 2 is 1.50 bits per heavy atom. The van der Waals surface area contributed by atoms with Crippen LogP contribution in [0.1, 0.15) is 11.1 Å². The van der Waals surface area contributed by atoms with Gasteiger partial charge in [0.1, 0.15) is 29.9 Å². The monoisotopic (exact) mass is 619 g/mol. The highest BCUT2D eigenvalue weighted by Gasteiger charge is 2.35. The van der Waals surface area contributed by atoms with Gasteiger partial charge in [-0.15, -0.1) is 0 Å². The molecule has 230 valence electrons. The van der Waals surface area contributed by atoms with Gasteiger partial charge in [0, 0.05) is 31.6 Å². The predicted molar refractivity (Wildman–Crippen MR) is 165 cm³/mol. The minimum Gasteiger partial charge on any atom is -0.497 e. The number of hydrogen-bond donors (Lipinski definition) is 1. The molecule has 4 aromatic carbocycles. The fourth-order valence-corrected chi connectivity index (χ4v) is 6.19. The summed E-state index contributed by atoms with van der Waals surface area (Å²) in [6, 6.07) is 26.1. The Morgan fingerprint density at radius 1 is 0.864 bits per heavy atom. The molecule has 44 heavy (non-hydrogen) atoms. The Kier molecular flexibility index (Phi) is 10.6. The Hall–Kier alpha value is -4.90. The third-order valence-electron chi connectivity index (χ3n) is 7.08. The zero-order chi connectivity index (χ0) is 31.7. The van der Waals surface area contributed by atoms with E-state index >= 15 is 0 Å². The number of amides is 2. The first-order chi connectivity index (χ1) is 21.2. The third-order valence-corrected chi connectivity index (χ3v) is 8.85. The smallest absolute Gasteiger partial charge is 0.264 e. The molecular weight excluding hydrogens is 585 g/mol. The van der Waals surface area contributed by atoms with Crippen molar-refractivity contribution in [2.75, 3.05) is 32.1 Å². The Bertz CT molecular complexity index is 1690. The van der Waals surface area contributed by atoms with Crippen molar-refractivity contribution in [1.82, 2.24) is 10.2 Å². The van der Waals surface area contributed by atoms with Crippen LogP contribution in [0.4, 0.5) is 10.1 Å². The van der Waals surface area contributed by atoms with Crippen LogP contribution in [0.2, 0.25) is 0 Å². The molecule has 0 aliphatic heterocycles. The highest BCUT2D eigenvalue weighted by molar-refractivity contribution is 7.92. The van der Waals surface area contributed by atoms with Crippen LogP contribution in [0.3, 0.4) is 0 Å². The fraction of sp³-hybridized carbons (Fsp3) is 0.212. The van der Waals surface area contributed by atoms with Crippen molar-refractivity contribution in [3.63, 3.8) is 0 Å². The molecule has 0 radical (unpaired) electrons. The molecule has 0 bridgehead atoms. The van der Waals surface area contributed by atoms with E-state index in [9.17, 15) is 22.4 Å².